The molecule has 0 spiro atoms. The lowest BCUT2D eigenvalue weighted by Gasteiger charge is -2.22. The van der Waals surface area contributed by atoms with E-state index < -0.39 is 18.0 Å². The van der Waals surface area contributed by atoms with Gasteiger partial charge >= 0.3 is 12.1 Å². The van der Waals surface area contributed by atoms with Crippen LogP contribution in [0.25, 0.3) is 10.9 Å². The van der Waals surface area contributed by atoms with Gasteiger partial charge in [0.1, 0.15) is 6.29 Å². The van der Waals surface area contributed by atoms with E-state index in [0.29, 0.717) is 34.3 Å². The van der Waals surface area contributed by atoms with E-state index in [9.17, 15) is 24.6 Å². The van der Waals surface area contributed by atoms with E-state index in [2.05, 4.69) is 20.8 Å². The molecule has 1 unspecified atom stereocenters. The van der Waals surface area contributed by atoms with E-state index in [0.717, 1.165) is 6.29 Å². The number of amides is 2. The molecule has 4 N–H and O–H groups in total. The van der Waals surface area contributed by atoms with Gasteiger partial charge in [-0.3, -0.25) is 15.1 Å². The number of benzene rings is 1. The molecule has 11 heteroatoms. The number of aromatic nitrogens is 2. The van der Waals surface area contributed by atoms with Crippen LogP contribution in [0.3, 0.4) is 0 Å². The minimum Gasteiger partial charge on any atom is -0.387 e. The lowest BCUT2D eigenvalue weighted by atomic mass is 9.91. The van der Waals surface area contributed by atoms with Crippen molar-refractivity contribution in [2.45, 2.75) is 57.8 Å². The third kappa shape index (κ3) is 6.04. The van der Waals surface area contributed by atoms with Gasteiger partial charge in [0.15, 0.2) is 0 Å². The van der Waals surface area contributed by atoms with Crippen molar-refractivity contribution in [3.8, 4) is 0 Å². The summed E-state index contributed by atoms with van der Waals surface area (Å²) in [7, 11) is 1.52. The van der Waals surface area contributed by atoms with Gasteiger partial charge in [-0.15, -0.1) is 0 Å². The fraction of sp³-hybridized carbons (Fsp3) is 0.400. The molecule has 1 atom stereocenters. The Morgan fingerprint density at radius 3 is 2.53 bits per heavy atom. The van der Waals surface area contributed by atoms with E-state index >= 15 is 0 Å². The zero-order chi connectivity index (χ0) is 26.7. The number of carbonyl (C=O) groups excluding carboxylic acids is 3. The third-order valence-electron chi connectivity index (χ3n) is 5.67. The fourth-order valence-corrected chi connectivity index (χ4v) is 3.67. The molecule has 11 nitrogen and oxygen atoms in total. The first-order valence-corrected chi connectivity index (χ1v) is 11.3. The molecule has 0 radical (unpaired) electrons. The molecule has 1 aromatic carbocycles. The van der Waals surface area contributed by atoms with Crippen LogP contribution in [-0.2, 0) is 25.7 Å². The number of pyridine rings is 1. The SMILES string of the molecule is CNC(=O)C(CCC=O)c1cc2ccc(C(O)(O)OC(=O)Nc3cc(C(C)(C)C)no3)cc2nc1C. The predicted octanol–water partition coefficient (Wildman–Crippen LogP) is 2.98. The van der Waals surface area contributed by atoms with Gasteiger partial charge in [0, 0.05) is 36.0 Å². The number of likely N-dealkylation sites (N-methyl/N-ethyl adjacent to an activating group) is 1. The number of carbonyl (C=O) groups is 3. The first kappa shape index (κ1) is 26.8. The maximum absolute atomic E-state index is 12.4. The van der Waals surface area contributed by atoms with Crippen LogP contribution in [0.4, 0.5) is 10.7 Å². The topological polar surface area (TPSA) is 164 Å². The van der Waals surface area contributed by atoms with E-state index in [4.69, 9.17) is 9.26 Å². The number of fused-ring (bicyclic) bond motifs is 1. The molecular weight excluding hydrogens is 468 g/mol. The van der Waals surface area contributed by atoms with Crippen molar-refractivity contribution >= 4 is 35.1 Å². The highest BCUT2D eigenvalue weighted by atomic mass is 16.8. The average Bonchev–Trinajstić information content (AvgIpc) is 3.27. The molecule has 0 bridgehead atoms. The molecule has 2 heterocycles. The van der Waals surface area contributed by atoms with Gasteiger partial charge in [-0.25, -0.2) is 4.79 Å². The fourth-order valence-electron chi connectivity index (χ4n) is 3.67. The number of rotatable bonds is 8. The zero-order valence-electron chi connectivity index (χ0n) is 20.8. The Hall–Kier alpha value is -3.83. The molecule has 2 aromatic heterocycles. The summed E-state index contributed by atoms with van der Waals surface area (Å²) in [6.07, 6.45) is 0.143. The first-order chi connectivity index (χ1) is 16.9. The summed E-state index contributed by atoms with van der Waals surface area (Å²) in [5, 5.41) is 30.3. The molecule has 0 aliphatic heterocycles. The molecule has 3 rings (SSSR count). The summed E-state index contributed by atoms with van der Waals surface area (Å²) < 4.78 is 9.86. The summed E-state index contributed by atoms with van der Waals surface area (Å²) in [5.74, 6) is -3.77. The number of anilines is 1. The minimum atomic E-state index is -2.96. The highest BCUT2D eigenvalue weighted by Crippen LogP contribution is 2.30. The van der Waals surface area contributed by atoms with Crippen molar-refractivity contribution in [1.82, 2.24) is 15.5 Å². The number of hydrogen-bond donors (Lipinski definition) is 4. The van der Waals surface area contributed by atoms with Gasteiger partial charge in [-0.05, 0) is 37.1 Å². The smallest absolute Gasteiger partial charge is 0.387 e. The number of nitrogens with zero attached hydrogens (tertiary/aromatic N) is 2. The van der Waals surface area contributed by atoms with Gasteiger partial charge in [-0.1, -0.05) is 32.0 Å². The predicted molar refractivity (Wildman–Crippen MR) is 130 cm³/mol. The quantitative estimate of drug-likeness (QED) is 0.270. The largest absolute Gasteiger partial charge is 0.418 e. The molecule has 192 valence electrons. The number of hydrogen-bond acceptors (Lipinski definition) is 9. The van der Waals surface area contributed by atoms with Crippen molar-refractivity contribution in [2.24, 2.45) is 0 Å². The van der Waals surface area contributed by atoms with Crippen LogP contribution >= 0.6 is 0 Å². The van der Waals surface area contributed by atoms with Crippen molar-refractivity contribution in [3.63, 3.8) is 0 Å². The van der Waals surface area contributed by atoms with Crippen LogP contribution < -0.4 is 10.6 Å². The van der Waals surface area contributed by atoms with Crippen LogP contribution in [0.15, 0.2) is 34.9 Å². The standard InChI is InChI=1S/C25H30N4O7/c1-14-18(17(7-6-10-30)22(31)26-5)11-15-8-9-16(12-19(15)27-14)25(33,34)35-23(32)28-21-13-20(29-36-21)24(2,3)4/h8-13,17,33-34H,6-7H2,1-5H3,(H,26,31)(H,28,32). The second-order valence-corrected chi connectivity index (χ2v) is 9.43. The highest BCUT2D eigenvalue weighted by molar-refractivity contribution is 5.87. The van der Waals surface area contributed by atoms with Crippen LogP contribution in [0.5, 0.6) is 0 Å². The molecule has 0 saturated carbocycles. The number of aldehydes is 1. The third-order valence-corrected chi connectivity index (χ3v) is 5.67. The molecule has 0 aliphatic rings. The molecule has 2 amide bonds. The summed E-state index contributed by atoms with van der Waals surface area (Å²) in [5.41, 5.74) is 1.74. The summed E-state index contributed by atoms with van der Waals surface area (Å²) in [4.78, 5) is 40.0. The second kappa shape index (κ2) is 10.4. The Morgan fingerprint density at radius 2 is 1.92 bits per heavy atom. The number of aliphatic hydroxyl groups is 2. The Bertz CT molecular complexity index is 1280. The lowest BCUT2D eigenvalue weighted by molar-refractivity contribution is -0.317. The minimum absolute atomic E-state index is 0.00990. The van der Waals surface area contributed by atoms with Gasteiger partial charge in [0.05, 0.1) is 22.7 Å². The Morgan fingerprint density at radius 1 is 1.19 bits per heavy atom. The maximum Gasteiger partial charge on any atom is 0.418 e. The van der Waals surface area contributed by atoms with Gasteiger partial charge in [-0.2, -0.15) is 0 Å². The molecule has 3 aromatic rings. The Balaban J connectivity index is 1.82. The van der Waals surface area contributed by atoms with Crippen LogP contribution in [0.1, 0.15) is 62.0 Å². The first-order valence-electron chi connectivity index (χ1n) is 11.3. The van der Waals surface area contributed by atoms with Crippen LogP contribution in [-0.4, -0.2) is 45.7 Å². The summed E-state index contributed by atoms with van der Waals surface area (Å²) in [6.45, 7) is 7.47. The number of ether oxygens (including phenoxy) is 1. The van der Waals surface area contributed by atoms with Crippen molar-refractivity contribution in [1.29, 1.82) is 0 Å². The van der Waals surface area contributed by atoms with Gasteiger partial charge < -0.3 is 29.6 Å². The van der Waals surface area contributed by atoms with Gasteiger partial charge in [0.25, 0.3) is 0 Å². The van der Waals surface area contributed by atoms with Gasteiger partial charge in [0.2, 0.25) is 11.8 Å². The Labute approximate surface area is 207 Å². The van der Waals surface area contributed by atoms with Crippen LogP contribution in [0.2, 0.25) is 0 Å². The van der Waals surface area contributed by atoms with Crippen molar-refractivity contribution < 1.29 is 33.9 Å². The summed E-state index contributed by atoms with van der Waals surface area (Å²) in [6, 6.07) is 7.58. The number of aryl methyl sites for hydroxylation is 1. The van der Waals surface area contributed by atoms with E-state index in [-0.39, 0.29) is 29.2 Å². The summed E-state index contributed by atoms with van der Waals surface area (Å²) >= 11 is 0. The molecule has 0 saturated heterocycles. The van der Waals surface area contributed by atoms with Crippen molar-refractivity contribution in [3.05, 3.63) is 52.8 Å². The maximum atomic E-state index is 12.4. The molecule has 36 heavy (non-hydrogen) atoms. The molecule has 0 aliphatic carbocycles. The zero-order valence-corrected chi connectivity index (χ0v) is 20.8. The monoisotopic (exact) mass is 498 g/mol. The van der Waals surface area contributed by atoms with E-state index in [1.54, 1.807) is 19.1 Å². The molecule has 0 fully saturated rings. The van der Waals surface area contributed by atoms with Crippen LogP contribution in [0, 0.1) is 6.92 Å². The lowest BCUT2D eigenvalue weighted by Crippen LogP contribution is -2.33. The highest BCUT2D eigenvalue weighted by Gasteiger charge is 2.33. The van der Waals surface area contributed by atoms with E-state index in [1.807, 2.05) is 20.8 Å². The molecular formula is C25H30N4O7. The van der Waals surface area contributed by atoms with Crippen molar-refractivity contribution in [2.75, 3.05) is 12.4 Å². The average molecular weight is 499 g/mol. The number of nitrogens with one attached hydrogen (secondary N) is 2. The normalized spacial score (nSPS) is 12.8. The second-order valence-electron chi connectivity index (χ2n) is 9.43. The van der Waals surface area contributed by atoms with E-state index in [1.165, 1.54) is 25.2 Å². The Kier molecular flexibility index (Phi) is 7.75.